The van der Waals surface area contributed by atoms with Crippen molar-refractivity contribution in [1.82, 2.24) is 0 Å². The summed E-state index contributed by atoms with van der Waals surface area (Å²) < 4.78 is 19.3. The number of rotatable bonds is 2. The second-order valence-electron chi connectivity index (χ2n) is 4.49. The smallest absolute Gasteiger partial charge is 0.166 e. The van der Waals surface area contributed by atoms with E-state index >= 15 is 0 Å². The van der Waals surface area contributed by atoms with Crippen LogP contribution in [-0.4, -0.2) is 6.10 Å². The van der Waals surface area contributed by atoms with Crippen molar-refractivity contribution in [3.05, 3.63) is 29.6 Å². The van der Waals surface area contributed by atoms with Crippen molar-refractivity contribution in [2.75, 3.05) is 0 Å². The molecule has 1 fully saturated rings. The SMILES string of the molecule is N#Cc1ccc(OC2CCCCCC2)c(F)c1. The average molecular weight is 233 g/mol. The van der Waals surface area contributed by atoms with Gasteiger partial charge < -0.3 is 4.74 Å². The number of halogens is 1. The van der Waals surface area contributed by atoms with E-state index in [2.05, 4.69) is 0 Å². The Morgan fingerprint density at radius 2 is 1.88 bits per heavy atom. The number of nitrogens with zero attached hydrogens (tertiary/aromatic N) is 1. The zero-order valence-electron chi connectivity index (χ0n) is 9.79. The lowest BCUT2D eigenvalue weighted by atomic mass is 10.1. The van der Waals surface area contributed by atoms with Crippen molar-refractivity contribution in [3.8, 4) is 11.8 Å². The van der Waals surface area contributed by atoms with Crippen LogP contribution in [0.1, 0.15) is 44.1 Å². The highest BCUT2D eigenvalue weighted by Crippen LogP contribution is 2.25. The first-order valence-corrected chi connectivity index (χ1v) is 6.16. The number of ether oxygens (including phenoxy) is 1. The van der Waals surface area contributed by atoms with Crippen LogP contribution < -0.4 is 4.74 Å². The summed E-state index contributed by atoms with van der Waals surface area (Å²) in [5.74, 6) is -0.163. The summed E-state index contributed by atoms with van der Waals surface area (Å²) in [5, 5.41) is 8.65. The predicted molar refractivity (Wildman–Crippen MR) is 63.2 cm³/mol. The number of nitriles is 1. The third kappa shape index (κ3) is 3.20. The zero-order valence-corrected chi connectivity index (χ0v) is 9.79. The maximum absolute atomic E-state index is 13.6. The van der Waals surface area contributed by atoms with Crippen LogP contribution in [0, 0.1) is 17.1 Å². The van der Waals surface area contributed by atoms with E-state index in [1.165, 1.54) is 18.9 Å². The molecule has 0 spiro atoms. The molecular weight excluding hydrogens is 217 g/mol. The molecule has 0 atom stereocenters. The van der Waals surface area contributed by atoms with Crippen LogP contribution in [0.2, 0.25) is 0 Å². The topological polar surface area (TPSA) is 33.0 Å². The standard InChI is InChI=1S/C14H16FNO/c15-13-9-11(10-16)7-8-14(13)17-12-5-3-1-2-4-6-12/h7-9,12H,1-6H2. The third-order valence-electron chi connectivity index (χ3n) is 3.16. The van der Waals surface area contributed by atoms with Gasteiger partial charge in [-0.25, -0.2) is 4.39 Å². The Hall–Kier alpha value is -1.56. The molecule has 0 aliphatic heterocycles. The fourth-order valence-electron chi connectivity index (χ4n) is 2.21. The van der Waals surface area contributed by atoms with Crippen LogP contribution >= 0.6 is 0 Å². The highest BCUT2D eigenvalue weighted by Gasteiger charge is 2.15. The lowest BCUT2D eigenvalue weighted by Gasteiger charge is -2.17. The molecule has 0 N–H and O–H groups in total. The van der Waals surface area contributed by atoms with Gasteiger partial charge in [0.2, 0.25) is 0 Å². The summed E-state index contributed by atoms with van der Waals surface area (Å²) in [6, 6.07) is 6.29. The average Bonchev–Trinajstić information content (AvgIpc) is 2.60. The molecule has 3 heteroatoms. The molecule has 0 unspecified atom stereocenters. The summed E-state index contributed by atoms with van der Waals surface area (Å²) in [5.41, 5.74) is 0.329. The van der Waals surface area contributed by atoms with Crippen molar-refractivity contribution in [2.45, 2.75) is 44.6 Å². The van der Waals surface area contributed by atoms with Gasteiger partial charge in [-0.2, -0.15) is 5.26 Å². The lowest BCUT2D eigenvalue weighted by Crippen LogP contribution is -2.15. The van der Waals surface area contributed by atoms with Gasteiger partial charge in [0.15, 0.2) is 11.6 Å². The van der Waals surface area contributed by atoms with Gasteiger partial charge in [-0.3, -0.25) is 0 Å². The minimum Gasteiger partial charge on any atom is -0.487 e. The maximum atomic E-state index is 13.6. The molecule has 2 nitrogen and oxygen atoms in total. The molecule has 1 saturated carbocycles. The molecule has 0 heterocycles. The van der Waals surface area contributed by atoms with Crippen LogP contribution in [0.15, 0.2) is 18.2 Å². The van der Waals surface area contributed by atoms with Gasteiger partial charge >= 0.3 is 0 Å². The van der Waals surface area contributed by atoms with Crippen LogP contribution in [0.3, 0.4) is 0 Å². The highest BCUT2D eigenvalue weighted by molar-refractivity contribution is 5.36. The van der Waals surface area contributed by atoms with Gasteiger partial charge in [0, 0.05) is 0 Å². The molecule has 90 valence electrons. The van der Waals surface area contributed by atoms with Crippen molar-refractivity contribution in [2.24, 2.45) is 0 Å². The number of benzene rings is 1. The Morgan fingerprint density at radius 3 is 2.47 bits per heavy atom. The number of hydrogen-bond donors (Lipinski definition) is 0. The maximum Gasteiger partial charge on any atom is 0.166 e. The van der Waals surface area contributed by atoms with Crippen molar-refractivity contribution < 1.29 is 9.13 Å². The quantitative estimate of drug-likeness (QED) is 0.728. The van der Waals surface area contributed by atoms with Crippen LogP contribution in [0.4, 0.5) is 4.39 Å². The molecule has 2 rings (SSSR count). The molecule has 0 radical (unpaired) electrons. The first-order chi connectivity index (χ1) is 8.29. The molecule has 1 aromatic carbocycles. The Kier molecular flexibility index (Phi) is 3.98. The first kappa shape index (κ1) is 11.9. The van der Waals surface area contributed by atoms with E-state index in [0.717, 1.165) is 25.7 Å². The Bertz CT molecular complexity index is 417. The largest absolute Gasteiger partial charge is 0.487 e. The van der Waals surface area contributed by atoms with E-state index in [0.29, 0.717) is 5.56 Å². The summed E-state index contributed by atoms with van der Waals surface area (Å²) in [6.45, 7) is 0. The third-order valence-corrected chi connectivity index (χ3v) is 3.16. The Balaban J connectivity index is 2.05. The number of hydrogen-bond acceptors (Lipinski definition) is 2. The fraction of sp³-hybridized carbons (Fsp3) is 0.500. The fourth-order valence-corrected chi connectivity index (χ4v) is 2.21. The molecule has 0 amide bonds. The zero-order chi connectivity index (χ0) is 12.1. The summed E-state index contributed by atoms with van der Waals surface area (Å²) in [7, 11) is 0. The monoisotopic (exact) mass is 233 g/mol. The van der Waals surface area contributed by atoms with E-state index in [1.54, 1.807) is 12.1 Å². The van der Waals surface area contributed by atoms with E-state index in [1.807, 2.05) is 6.07 Å². The van der Waals surface area contributed by atoms with Gasteiger partial charge in [-0.1, -0.05) is 12.8 Å². The van der Waals surface area contributed by atoms with Crippen LogP contribution in [-0.2, 0) is 0 Å². The summed E-state index contributed by atoms with van der Waals surface area (Å²) in [4.78, 5) is 0. The molecule has 17 heavy (non-hydrogen) atoms. The second kappa shape index (κ2) is 5.67. The normalized spacial score (nSPS) is 17.2. The van der Waals surface area contributed by atoms with Gasteiger partial charge in [0.1, 0.15) is 0 Å². The minimum atomic E-state index is -0.437. The van der Waals surface area contributed by atoms with Gasteiger partial charge in [0.25, 0.3) is 0 Å². The van der Waals surface area contributed by atoms with E-state index in [4.69, 9.17) is 10.00 Å². The summed E-state index contributed by atoms with van der Waals surface area (Å²) in [6.07, 6.45) is 6.93. The first-order valence-electron chi connectivity index (χ1n) is 6.16. The molecule has 0 bridgehead atoms. The summed E-state index contributed by atoms with van der Waals surface area (Å²) >= 11 is 0. The molecular formula is C14H16FNO. The highest BCUT2D eigenvalue weighted by atomic mass is 19.1. The molecule has 1 aliphatic carbocycles. The lowest BCUT2D eigenvalue weighted by molar-refractivity contribution is 0.176. The predicted octanol–water partition coefficient (Wildman–Crippen LogP) is 3.80. The van der Waals surface area contributed by atoms with E-state index in [-0.39, 0.29) is 11.9 Å². The van der Waals surface area contributed by atoms with Gasteiger partial charge in [-0.05, 0) is 43.9 Å². The van der Waals surface area contributed by atoms with Crippen molar-refractivity contribution in [1.29, 1.82) is 5.26 Å². The molecule has 0 saturated heterocycles. The van der Waals surface area contributed by atoms with Crippen molar-refractivity contribution in [3.63, 3.8) is 0 Å². The van der Waals surface area contributed by atoms with Crippen LogP contribution in [0.25, 0.3) is 0 Å². The minimum absolute atomic E-state index is 0.125. The molecule has 0 aromatic heterocycles. The Labute approximate surface area is 101 Å². The van der Waals surface area contributed by atoms with Gasteiger partial charge in [-0.15, -0.1) is 0 Å². The van der Waals surface area contributed by atoms with Crippen molar-refractivity contribution >= 4 is 0 Å². The Morgan fingerprint density at radius 1 is 1.18 bits per heavy atom. The van der Waals surface area contributed by atoms with Crippen LogP contribution in [0.5, 0.6) is 5.75 Å². The second-order valence-corrected chi connectivity index (χ2v) is 4.49. The molecule has 1 aromatic rings. The van der Waals surface area contributed by atoms with E-state index in [9.17, 15) is 4.39 Å². The molecule has 1 aliphatic rings. The van der Waals surface area contributed by atoms with E-state index < -0.39 is 5.82 Å². The van der Waals surface area contributed by atoms with Gasteiger partial charge in [0.05, 0.1) is 17.7 Å².